The van der Waals surface area contributed by atoms with E-state index in [4.69, 9.17) is 5.73 Å². The minimum Gasteiger partial charge on any atom is -0.329 e. The van der Waals surface area contributed by atoms with Crippen LogP contribution in [0.15, 0.2) is 23.1 Å². The molecule has 1 aromatic rings. The summed E-state index contributed by atoms with van der Waals surface area (Å²) in [7, 11) is 0. The molecule has 1 rings (SSSR count). The van der Waals surface area contributed by atoms with Crippen LogP contribution in [-0.4, -0.2) is 11.1 Å². The number of nitrogens with two attached hydrogens (primary N) is 1. The summed E-state index contributed by atoms with van der Waals surface area (Å²) >= 11 is 2.11. The maximum atomic E-state index is 11.1. The Kier molecular flexibility index (Phi) is 3.07. The topological polar surface area (TPSA) is 48.0 Å². The lowest BCUT2D eigenvalue weighted by atomic mass is 10.4. The molecule has 0 saturated carbocycles. The zero-order chi connectivity index (χ0) is 8.27. The van der Waals surface area contributed by atoms with E-state index in [-0.39, 0.29) is 5.56 Å². The SMILES string of the molecule is NCCn1ccc(I)cc1=O. The van der Waals surface area contributed by atoms with Crippen LogP contribution < -0.4 is 11.3 Å². The van der Waals surface area contributed by atoms with E-state index in [2.05, 4.69) is 22.6 Å². The molecular weight excluding hydrogens is 255 g/mol. The standard InChI is InChI=1S/C7H9IN2O/c8-6-1-3-10(4-2-9)7(11)5-6/h1,3,5H,2,4,9H2. The van der Waals surface area contributed by atoms with Gasteiger partial charge < -0.3 is 10.3 Å². The Hall–Kier alpha value is -0.360. The summed E-state index contributed by atoms with van der Waals surface area (Å²) < 4.78 is 2.56. The number of pyridine rings is 1. The average molecular weight is 264 g/mol. The third kappa shape index (κ3) is 2.30. The van der Waals surface area contributed by atoms with Gasteiger partial charge in [-0.25, -0.2) is 0 Å². The Balaban J connectivity index is 3.00. The predicted octanol–water partition coefficient (Wildman–Crippen LogP) is 0.412. The highest BCUT2D eigenvalue weighted by Crippen LogP contribution is 1.97. The number of rotatable bonds is 2. The van der Waals surface area contributed by atoms with Gasteiger partial charge in [0.2, 0.25) is 0 Å². The van der Waals surface area contributed by atoms with Gasteiger partial charge in [-0.2, -0.15) is 0 Å². The van der Waals surface area contributed by atoms with Gasteiger partial charge >= 0.3 is 0 Å². The van der Waals surface area contributed by atoms with E-state index in [1.807, 2.05) is 6.07 Å². The number of aromatic nitrogens is 1. The fourth-order valence-electron chi connectivity index (χ4n) is 0.807. The van der Waals surface area contributed by atoms with Crippen LogP contribution in [0.25, 0.3) is 0 Å². The van der Waals surface area contributed by atoms with Crippen LogP contribution >= 0.6 is 22.6 Å². The van der Waals surface area contributed by atoms with E-state index < -0.39 is 0 Å². The van der Waals surface area contributed by atoms with Crippen molar-refractivity contribution in [3.63, 3.8) is 0 Å². The zero-order valence-electron chi connectivity index (χ0n) is 5.96. The first-order chi connectivity index (χ1) is 5.24. The van der Waals surface area contributed by atoms with Crippen molar-refractivity contribution in [1.29, 1.82) is 0 Å². The van der Waals surface area contributed by atoms with Crippen molar-refractivity contribution in [3.05, 3.63) is 32.3 Å². The lowest BCUT2D eigenvalue weighted by Gasteiger charge is -2.01. The van der Waals surface area contributed by atoms with Gasteiger partial charge in [-0.05, 0) is 28.7 Å². The molecule has 0 aliphatic carbocycles. The molecule has 2 N–H and O–H groups in total. The molecule has 60 valence electrons. The van der Waals surface area contributed by atoms with E-state index in [0.29, 0.717) is 13.1 Å². The van der Waals surface area contributed by atoms with E-state index >= 15 is 0 Å². The van der Waals surface area contributed by atoms with E-state index in [9.17, 15) is 4.79 Å². The Morgan fingerprint density at radius 2 is 2.36 bits per heavy atom. The Labute approximate surface area is 78.4 Å². The van der Waals surface area contributed by atoms with Crippen LogP contribution in [0.5, 0.6) is 0 Å². The van der Waals surface area contributed by atoms with Gasteiger partial charge in [0.25, 0.3) is 5.56 Å². The number of nitrogens with zero attached hydrogens (tertiary/aromatic N) is 1. The van der Waals surface area contributed by atoms with Crippen LogP contribution in [0.2, 0.25) is 0 Å². The quantitative estimate of drug-likeness (QED) is 0.786. The van der Waals surface area contributed by atoms with Gasteiger partial charge in [-0.15, -0.1) is 0 Å². The van der Waals surface area contributed by atoms with Crippen molar-refractivity contribution in [2.75, 3.05) is 6.54 Å². The Morgan fingerprint density at radius 1 is 1.64 bits per heavy atom. The molecule has 0 aromatic carbocycles. The molecule has 0 amide bonds. The van der Waals surface area contributed by atoms with Gasteiger partial charge in [0, 0.05) is 28.9 Å². The molecular formula is C7H9IN2O. The molecule has 0 saturated heterocycles. The highest BCUT2D eigenvalue weighted by molar-refractivity contribution is 14.1. The lowest BCUT2D eigenvalue weighted by Crippen LogP contribution is -2.22. The second-order valence-electron chi connectivity index (χ2n) is 2.17. The molecule has 4 heteroatoms. The molecule has 0 aliphatic rings. The van der Waals surface area contributed by atoms with Crippen LogP contribution in [0.4, 0.5) is 0 Å². The van der Waals surface area contributed by atoms with Gasteiger partial charge in [-0.1, -0.05) is 0 Å². The summed E-state index contributed by atoms with van der Waals surface area (Å²) in [6.45, 7) is 1.09. The highest BCUT2D eigenvalue weighted by atomic mass is 127. The maximum Gasteiger partial charge on any atom is 0.251 e. The average Bonchev–Trinajstić information content (AvgIpc) is 1.95. The molecule has 0 atom stereocenters. The van der Waals surface area contributed by atoms with E-state index in [0.717, 1.165) is 3.57 Å². The Bertz CT molecular complexity index is 295. The minimum absolute atomic E-state index is 0.0161. The van der Waals surface area contributed by atoms with Crippen molar-refractivity contribution in [1.82, 2.24) is 4.57 Å². The molecule has 3 nitrogen and oxygen atoms in total. The normalized spacial score (nSPS) is 10.0. The fourth-order valence-corrected chi connectivity index (χ4v) is 1.23. The van der Waals surface area contributed by atoms with Crippen LogP contribution in [0, 0.1) is 3.57 Å². The molecule has 1 heterocycles. The number of hydrogen-bond donors (Lipinski definition) is 1. The van der Waals surface area contributed by atoms with Gasteiger partial charge in [-0.3, -0.25) is 4.79 Å². The van der Waals surface area contributed by atoms with Crippen LogP contribution in [0.3, 0.4) is 0 Å². The smallest absolute Gasteiger partial charge is 0.251 e. The monoisotopic (exact) mass is 264 g/mol. The number of hydrogen-bond acceptors (Lipinski definition) is 2. The van der Waals surface area contributed by atoms with Crippen molar-refractivity contribution < 1.29 is 0 Å². The van der Waals surface area contributed by atoms with Gasteiger partial charge in [0.1, 0.15) is 0 Å². The van der Waals surface area contributed by atoms with Crippen LogP contribution in [0.1, 0.15) is 0 Å². The molecule has 11 heavy (non-hydrogen) atoms. The Morgan fingerprint density at radius 3 is 2.91 bits per heavy atom. The third-order valence-electron chi connectivity index (χ3n) is 1.33. The molecule has 0 spiro atoms. The summed E-state index contributed by atoms with van der Waals surface area (Å²) in [5.74, 6) is 0. The summed E-state index contributed by atoms with van der Waals surface area (Å²) in [5.41, 5.74) is 5.32. The van der Waals surface area contributed by atoms with Crippen LogP contribution in [-0.2, 0) is 6.54 Å². The van der Waals surface area contributed by atoms with E-state index in [1.165, 1.54) is 0 Å². The summed E-state index contributed by atoms with van der Waals surface area (Å²) in [5, 5.41) is 0. The molecule has 0 unspecified atom stereocenters. The summed E-state index contributed by atoms with van der Waals surface area (Å²) in [4.78, 5) is 11.1. The third-order valence-corrected chi connectivity index (χ3v) is 2.00. The number of halogens is 1. The molecule has 0 radical (unpaired) electrons. The predicted molar refractivity (Wildman–Crippen MR) is 52.5 cm³/mol. The second kappa shape index (κ2) is 3.87. The largest absolute Gasteiger partial charge is 0.329 e. The summed E-state index contributed by atoms with van der Waals surface area (Å²) in [6.07, 6.45) is 1.76. The van der Waals surface area contributed by atoms with Crippen molar-refractivity contribution in [3.8, 4) is 0 Å². The van der Waals surface area contributed by atoms with Crippen molar-refractivity contribution >= 4 is 22.6 Å². The molecule has 1 aromatic heterocycles. The summed E-state index contributed by atoms with van der Waals surface area (Å²) in [6, 6.07) is 3.48. The second-order valence-corrected chi connectivity index (χ2v) is 3.41. The highest BCUT2D eigenvalue weighted by Gasteiger charge is 1.93. The lowest BCUT2D eigenvalue weighted by molar-refractivity contribution is 0.680. The fraction of sp³-hybridized carbons (Fsp3) is 0.286. The van der Waals surface area contributed by atoms with Gasteiger partial charge in [0.15, 0.2) is 0 Å². The van der Waals surface area contributed by atoms with Gasteiger partial charge in [0.05, 0.1) is 0 Å². The van der Waals surface area contributed by atoms with E-state index in [1.54, 1.807) is 16.8 Å². The molecule has 0 fully saturated rings. The first kappa shape index (κ1) is 8.73. The van der Waals surface area contributed by atoms with Crippen molar-refractivity contribution in [2.24, 2.45) is 5.73 Å². The molecule has 0 aliphatic heterocycles. The zero-order valence-corrected chi connectivity index (χ0v) is 8.11. The minimum atomic E-state index is 0.0161. The first-order valence-electron chi connectivity index (χ1n) is 3.30. The maximum absolute atomic E-state index is 11.1. The van der Waals surface area contributed by atoms with Crippen molar-refractivity contribution in [2.45, 2.75) is 6.54 Å². The first-order valence-corrected chi connectivity index (χ1v) is 4.38. The molecule has 0 bridgehead atoms.